The van der Waals surface area contributed by atoms with Crippen LogP contribution in [0.25, 0.3) is 10.9 Å². The summed E-state index contributed by atoms with van der Waals surface area (Å²) < 4.78 is 25.9. The van der Waals surface area contributed by atoms with Crippen LogP contribution in [0.2, 0.25) is 0 Å². The van der Waals surface area contributed by atoms with Gasteiger partial charge in [0.1, 0.15) is 0 Å². The number of hydrogen-bond donors (Lipinski definition) is 1. The number of aryl methyl sites for hydroxylation is 1. The Balaban J connectivity index is 2.45. The molecule has 0 spiro atoms. The van der Waals surface area contributed by atoms with Crippen LogP contribution in [-0.2, 0) is 16.9 Å². The van der Waals surface area contributed by atoms with Crippen molar-refractivity contribution in [2.75, 3.05) is 37.3 Å². The minimum absolute atomic E-state index is 0.101. The normalized spacial score (nSPS) is 16.2. The Bertz CT molecular complexity index is 881. The van der Waals surface area contributed by atoms with Crippen LogP contribution in [0.1, 0.15) is 0 Å². The summed E-state index contributed by atoms with van der Waals surface area (Å²) in [7, 11) is -2.01. The third-order valence-corrected chi connectivity index (χ3v) is 5.15. The summed E-state index contributed by atoms with van der Waals surface area (Å²) in [4.78, 5) is 14.5. The molecule has 0 amide bonds. The maximum atomic E-state index is 12.6. The molecule has 1 N–H and O–H groups in total. The topological polar surface area (TPSA) is 71.4 Å². The van der Waals surface area contributed by atoms with Gasteiger partial charge in [-0.2, -0.15) is 0 Å². The van der Waals surface area contributed by atoms with E-state index in [-0.39, 0.29) is 4.90 Å². The smallest absolute Gasteiger partial charge is 0.271 e. The van der Waals surface area contributed by atoms with E-state index < -0.39 is 15.4 Å². The summed E-state index contributed by atoms with van der Waals surface area (Å²) in [6, 6.07) is 7.43. The molecule has 0 bridgehead atoms. The number of aromatic nitrogens is 1. The Morgan fingerprint density at radius 3 is 2.41 bits per heavy atom. The first-order valence-electron chi connectivity index (χ1n) is 7.18. The van der Waals surface area contributed by atoms with Gasteiger partial charge >= 0.3 is 0 Å². The lowest BCUT2D eigenvalue weighted by Gasteiger charge is -2.32. The summed E-state index contributed by atoms with van der Waals surface area (Å²) in [5, 5.41) is 4.04. The zero-order chi connectivity index (χ0) is 15.9. The predicted octanol–water partition coefficient (Wildman–Crippen LogP) is 0.352. The Kier molecular flexibility index (Phi) is 3.70. The van der Waals surface area contributed by atoms with Crippen LogP contribution in [0.5, 0.6) is 0 Å². The van der Waals surface area contributed by atoms with Crippen molar-refractivity contribution in [2.24, 2.45) is 7.05 Å². The van der Waals surface area contributed by atoms with E-state index in [4.69, 9.17) is 0 Å². The number of hydrogen-bond acceptors (Lipinski definition) is 5. The van der Waals surface area contributed by atoms with Crippen molar-refractivity contribution in [3.8, 4) is 0 Å². The fourth-order valence-electron chi connectivity index (χ4n) is 2.99. The lowest BCUT2D eigenvalue weighted by atomic mass is 10.1. The molecule has 0 atom stereocenters. The SMILES string of the molecule is Cn1c(=O)c(S(C)(=O)=O)c(N2CCNCC2)c2ccccc21. The summed E-state index contributed by atoms with van der Waals surface area (Å²) in [5.41, 5.74) is 0.825. The van der Waals surface area contributed by atoms with E-state index in [2.05, 4.69) is 5.32 Å². The number of piperazine rings is 1. The van der Waals surface area contributed by atoms with Crippen molar-refractivity contribution in [2.45, 2.75) is 4.90 Å². The number of nitrogens with zero attached hydrogens (tertiary/aromatic N) is 2. The van der Waals surface area contributed by atoms with Gasteiger partial charge in [-0.15, -0.1) is 0 Å². The summed E-state index contributed by atoms with van der Waals surface area (Å²) >= 11 is 0. The third-order valence-electron chi connectivity index (χ3n) is 4.04. The first kappa shape index (κ1) is 15.1. The molecule has 1 aliphatic heterocycles. The molecule has 0 saturated carbocycles. The van der Waals surface area contributed by atoms with E-state index in [0.717, 1.165) is 30.2 Å². The molecule has 118 valence electrons. The lowest BCUT2D eigenvalue weighted by Crippen LogP contribution is -2.45. The fraction of sp³-hybridized carbons (Fsp3) is 0.400. The van der Waals surface area contributed by atoms with Gasteiger partial charge < -0.3 is 14.8 Å². The van der Waals surface area contributed by atoms with Crippen LogP contribution in [0.4, 0.5) is 5.69 Å². The Hall–Kier alpha value is -1.86. The van der Waals surface area contributed by atoms with Gasteiger partial charge in [0.25, 0.3) is 5.56 Å². The molecule has 0 aliphatic carbocycles. The minimum atomic E-state index is -3.62. The highest BCUT2D eigenvalue weighted by Gasteiger charge is 2.27. The van der Waals surface area contributed by atoms with E-state index in [1.807, 2.05) is 29.2 Å². The number of benzene rings is 1. The molecule has 1 saturated heterocycles. The Morgan fingerprint density at radius 1 is 1.14 bits per heavy atom. The van der Waals surface area contributed by atoms with Gasteiger partial charge in [-0.3, -0.25) is 4.79 Å². The Labute approximate surface area is 129 Å². The molecule has 1 aromatic heterocycles. The van der Waals surface area contributed by atoms with Gasteiger partial charge in [-0.05, 0) is 6.07 Å². The van der Waals surface area contributed by atoms with Crippen molar-refractivity contribution in [3.63, 3.8) is 0 Å². The second-order valence-electron chi connectivity index (χ2n) is 5.57. The van der Waals surface area contributed by atoms with Gasteiger partial charge in [0.15, 0.2) is 14.7 Å². The molecule has 2 aromatic rings. The van der Waals surface area contributed by atoms with Crippen LogP contribution in [0.15, 0.2) is 34.0 Å². The van der Waals surface area contributed by atoms with E-state index in [1.165, 1.54) is 4.57 Å². The van der Waals surface area contributed by atoms with E-state index in [9.17, 15) is 13.2 Å². The molecular formula is C15H19N3O3S. The molecule has 2 heterocycles. The van der Waals surface area contributed by atoms with Gasteiger partial charge in [0.2, 0.25) is 0 Å². The van der Waals surface area contributed by atoms with Gasteiger partial charge in [0, 0.05) is 44.9 Å². The molecule has 7 heteroatoms. The van der Waals surface area contributed by atoms with Crippen molar-refractivity contribution < 1.29 is 8.42 Å². The summed E-state index contributed by atoms with van der Waals surface area (Å²) in [6.07, 6.45) is 1.10. The fourth-order valence-corrected chi connectivity index (χ4v) is 4.03. The molecule has 1 aliphatic rings. The highest BCUT2D eigenvalue weighted by Crippen LogP contribution is 2.31. The molecule has 6 nitrogen and oxygen atoms in total. The molecule has 0 radical (unpaired) electrons. The largest absolute Gasteiger partial charge is 0.367 e. The van der Waals surface area contributed by atoms with Crippen molar-refractivity contribution >= 4 is 26.4 Å². The van der Waals surface area contributed by atoms with Crippen LogP contribution in [0.3, 0.4) is 0 Å². The molecule has 3 rings (SSSR count). The number of anilines is 1. The molecule has 1 aromatic carbocycles. The summed E-state index contributed by atoms with van der Waals surface area (Å²) in [5.74, 6) is 0. The minimum Gasteiger partial charge on any atom is -0.367 e. The van der Waals surface area contributed by atoms with Gasteiger partial charge in [-0.1, -0.05) is 18.2 Å². The number of sulfone groups is 1. The molecule has 1 fully saturated rings. The first-order valence-corrected chi connectivity index (χ1v) is 9.08. The number of pyridine rings is 1. The predicted molar refractivity (Wildman–Crippen MR) is 87.4 cm³/mol. The highest BCUT2D eigenvalue weighted by atomic mass is 32.2. The van der Waals surface area contributed by atoms with E-state index in [1.54, 1.807) is 7.05 Å². The maximum Gasteiger partial charge on any atom is 0.271 e. The number of fused-ring (bicyclic) bond motifs is 1. The first-order chi connectivity index (χ1) is 10.4. The molecule has 22 heavy (non-hydrogen) atoms. The summed E-state index contributed by atoms with van der Waals surface area (Å²) in [6.45, 7) is 2.90. The average molecular weight is 321 g/mol. The van der Waals surface area contributed by atoms with Crippen LogP contribution in [-0.4, -0.2) is 45.4 Å². The molecular weight excluding hydrogens is 302 g/mol. The van der Waals surface area contributed by atoms with Crippen LogP contribution < -0.4 is 15.8 Å². The van der Waals surface area contributed by atoms with Crippen molar-refractivity contribution in [3.05, 3.63) is 34.6 Å². The third kappa shape index (κ3) is 2.40. The van der Waals surface area contributed by atoms with Gasteiger partial charge in [0.05, 0.1) is 11.2 Å². The second kappa shape index (κ2) is 5.40. The highest BCUT2D eigenvalue weighted by molar-refractivity contribution is 7.90. The van der Waals surface area contributed by atoms with Crippen LogP contribution in [0, 0.1) is 0 Å². The second-order valence-corrected chi connectivity index (χ2v) is 7.52. The zero-order valence-electron chi connectivity index (χ0n) is 12.7. The van der Waals surface area contributed by atoms with Crippen molar-refractivity contribution in [1.29, 1.82) is 0 Å². The number of rotatable bonds is 2. The zero-order valence-corrected chi connectivity index (χ0v) is 13.5. The number of nitrogens with one attached hydrogen (secondary N) is 1. The number of para-hydroxylation sites is 1. The average Bonchev–Trinajstić information content (AvgIpc) is 2.50. The van der Waals surface area contributed by atoms with Crippen molar-refractivity contribution in [1.82, 2.24) is 9.88 Å². The van der Waals surface area contributed by atoms with Crippen LogP contribution >= 0.6 is 0 Å². The quantitative estimate of drug-likeness (QED) is 0.864. The van der Waals surface area contributed by atoms with Gasteiger partial charge in [-0.25, -0.2) is 8.42 Å². The maximum absolute atomic E-state index is 12.6. The monoisotopic (exact) mass is 321 g/mol. The lowest BCUT2D eigenvalue weighted by molar-refractivity contribution is 0.580. The molecule has 0 unspecified atom stereocenters. The Morgan fingerprint density at radius 2 is 1.77 bits per heavy atom. The standard InChI is InChI=1S/C15H19N3O3S/c1-17-12-6-4-3-5-11(12)13(18-9-7-16-8-10-18)14(15(17)19)22(2,20)21/h3-6,16H,7-10H2,1-2H3. The van der Waals surface area contributed by atoms with E-state index >= 15 is 0 Å². The van der Waals surface area contributed by atoms with E-state index in [0.29, 0.717) is 18.8 Å².